The average Bonchev–Trinajstić information content (AvgIpc) is 3.15. The second-order valence-electron chi connectivity index (χ2n) is 5.07. The molecule has 0 fully saturated rings. The number of urea groups is 1. The van der Waals surface area contributed by atoms with E-state index in [2.05, 4.69) is 20.7 Å². The molecule has 0 unspecified atom stereocenters. The quantitative estimate of drug-likeness (QED) is 0.756. The van der Waals surface area contributed by atoms with Gasteiger partial charge in [-0.3, -0.25) is 4.68 Å². The Morgan fingerprint density at radius 3 is 2.83 bits per heavy atom. The predicted molar refractivity (Wildman–Crippen MR) is 90.5 cm³/mol. The Hall–Kier alpha value is -2.67. The van der Waals surface area contributed by atoms with E-state index in [0.717, 1.165) is 15.4 Å². The highest BCUT2D eigenvalue weighted by atomic mass is 32.1. The zero-order valence-electron chi connectivity index (χ0n) is 12.7. The number of aromatic nitrogens is 3. The van der Waals surface area contributed by atoms with Crippen molar-refractivity contribution in [2.45, 2.75) is 20.0 Å². The molecular formula is C16H17N5OS. The molecule has 1 aromatic carbocycles. The van der Waals surface area contributed by atoms with Crippen molar-refractivity contribution < 1.29 is 4.79 Å². The molecule has 0 saturated heterocycles. The SMILES string of the molecule is Cc1ncc(CNC(=O)Nc2cnn(Cc3ccccc3)c2)s1. The lowest BCUT2D eigenvalue weighted by molar-refractivity contribution is 0.252. The van der Waals surface area contributed by atoms with Crippen LogP contribution < -0.4 is 10.6 Å². The summed E-state index contributed by atoms with van der Waals surface area (Å²) < 4.78 is 1.79. The second kappa shape index (κ2) is 7.06. The van der Waals surface area contributed by atoms with Gasteiger partial charge >= 0.3 is 6.03 Å². The fourth-order valence-corrected chi connectivity index (χ4v) is 2.85. The number of carbonyl (C=O) groups excluding carboxylic acids is 1. The zero-order chi connectivity index (χ0) is 16.1. The molecule has 2 amide bonds. The van der Waals surface area contributed by atoms with Crippen molar-refractivity contribution in [3.05, 3.63) is 64.4 Å². The van der Waals surface area contributed by atoms with Gasteiger partial charge in [-0.2, -0.15) is 5.10 Å². The maximum absolute atomic E-state index is 11.9. The molecule has 3 rings (SSSR count). The lowest BCUT2D eigenvalue weighted by atomic mass is 10.2. The minimum Gasteiger partial charge on any atom is -0.333 e. The van der Waals surface area contributed by atoms with Crippen LogP contribution in [-0.2, 0) is 13.1 Å². The van der Waals surface area contributed by atoms with Crippen molar-refractivity contribution >= 4 is 23.1 Å². The lowest BCUT2D eigenvalue weighted by Crippen LogP contribution is -2.27. The molecule has 2 heterocycles. The Morgan fingerprint density at radius 1 is 1.26 bits per heavy atom. The number of nitrogens with one attached hydrogen (secondary N) is 2. The monoisotopic (exact) mass is 327 g/mol. The van der Waals surface area contributed by atoms with E-state index < -0.39 is 0 Å². The first-order valence-corrected chi connectivity index (χ1v) is 8.03. The second-order valence-corrected chi connectivity index (χ2v) is 6.38. The minimum atomic E-state index is -0.254. The third-order valence-electron chi connectivity index (χ3n) is 3.17. The summed E-state index contributed by atoms with van der Waals surface area (Å²) in [5.41, 5.74) is 1.83. The van der Waals surface area contributed by atoms with Crippen LogP contribution in [-0.4, -0.2) is 20.8 Å². The van der Waals surface area contributed by atoms with E-state index in [-0.39, 0.29) is 6.03 Å². The standard InChI is InChI=1S/C16H17N5OS/c1-12-17-8-15(23-12)9-18-16(22)20-14-7-19-21(11-14)10-13-5-3-2-4-6-13/h2-8,11H,9-10H2,1H3,(H2,18,20,22). The molecule has 0 bridgehead atoms. The normalized spacial score (nSPS) is 10.5. The van der Waals surface area contributed by atoms with Gasteiger partial charge in [0, 0.05) is 17.3 Å². The van der Waals surface area contributed by atoms with E-state index in [4.69, 9.17) is 0 Å². The van der Waals surface area contributed by atoms with Crippen molar-refractivity contribution in [1.82, 2.24) is 20.1 Å². The van der Waals surface area contributed by atoms with E-state index in [9.17, 15) is 4.79 Å². The largest absolute Gasteiger partial charge is 0.333 e. The van der Waals surface area contributed by atoms with Crippen molar-refractivity contribution in [3.63, 3.8) is 0 Å². The summed E-state index contributed by atoms with van der Waals surface area (Å²) in [5.74, 6) is 0. The summed E-state index contributed by atoms with van der Waals surface area (Å²) in [7, 11) is 0. The highest BCUT2D eigenvalue weighted by molar-refractivity contribution is 7.11. The Kier molecular flexibility index (Phi) is 4.68. The van der Waals surface area contributed by atoms with Gasteiger partial charge < -0.3 is 10.6 Å². The summed E-state index contributed by atoms with van der Waals surface area (Å²) in [6, 6.07) is 9.79. The molecule has 0 aliphatic rings. The number of hydrogen-bond donors (Lipinski definition) is 2. The van der Waals surface area contributed by atoms with Gasteiger partial charge in [-0.05, 0) is 12.5 Å². The van der Waals surface area contributed by atoms with Crippen LogP contribution in [0.5, 0.6) is 0 Å². The van der Waals surface area contributed by atoms with Gasteiger partial charge in [0.2, 0.25) is 0 Å². The molecule has 7 heteroatoms. The number of nitrogens with zero attached hydrogens (tertiary/aromatic N) is 3. The third-order valence-corrected chi connectivity index (χ3v) is 4.08. The Morgan fingerprint density at radius 2 is 2.09 bits per heavy atom. The maximum atomic E-state index is 11.9. The molecule has 0 aliphatic heterocycles. The summed E-state index contributed by atoms with van der Waals surface area (Å²) in [5, 5.41) is 10.8. The number of aryl methyl sites for hydroxylation is 1. The number of rotatable bonds is 5. The molecule has 0 radical (unpaired) electrons. The van der Waals surface area contributed by atoms with Crippen LogP contribution in [0.25, 0.3) is 0 Å². The topological polar surface area (TPSA) is 71.8 Å². The maximum Gasteiger partial charge on any atom is 0.319 e. The zero-order valence-corrected chi connectivity index (χ0v) is 13.5. The van der Waals surface area contributed by atoms with E-state index in [1.54, 1.807) is 28.4 Å². The van der Waals surface area contributed by atoms with Crippen LogP contribution >= 0.6 is 11.3 Å². The molecule has 3 aromatic rings. The number of thiazole rings is 1. The first-order chi connectivity index (χ1) is 11.2. The first-order valence-electron chi connectivity index (χ1n) is 7.21. The van der Waals surface area contributed by atoms with E-state index >= 15 is 0 Å². The van der Waals surface area contributed by atoms with Crippen molar-refractivity contribution in [1.29, 1.82) is 0 Å². The average molecular weight is 327 g/mol. The van der Waals surface area contributed by atoms with E-state index in [1.807, 2.05) is 43.5 Å². The summed E-state index contributed by atoms with van der Waals surface area (Å²) in [6.45, 7) is 3.08. The van der Waals surface area contributed by atoms with Gasteiger partial charge in [0.15, 0.2) is 0 Å². The molecule has 6 nitrogen and oxygen atoms in total. The van der Waals surface area contributed by atoms with Crippen molar-refractivity contribution in [2.75, 3.05) is 5.32 Å². The van der Waals surface area contributed by atoms with Crippen LogP contribution in [0.2, 0.25) is 0 Å². The summed E-state index contributed by atoms with van der Waals surface area (Å²) in [4.78, 5) is 17.1. The van der Waals surface area contributed by atoms with Crippen molar-refractivity contribution in [3.8, 4) is 0 Å². The van der Waals surface area contributed by atoms with Gasteiger partial charge in [0.05, 0.1) is 30.0 Å². The fraction of sp³-hybridized carbons (Fsp3) is 0.188. The molecule has 0 atom stereocenters. The Labute approximate surface area is 138 Å². The number of amides is 2. The van der Waals surface area contributed by atoms with Crippen LogP contribution in [0.15, 0.2) is 48.9 Å². The predicted octanol–water partition coefficient (Wildman–Crippen LogP) is 3.02. The van der Waals surface area contributed by atoms with Gasteiger partial charge in [-0.1, -0.05) is 30.3 Å². The molecular weight excluding hydrogens is 310 g/mol. The molecule has 0 saturated carbocycles. The minimum absolute atomic E-state index is 0.254. The Bertz CT molecular complexity index is 781. The van der Waals surface area contributed by atoms with Gasteiger partial charge in [-0.25, -0.2) is 9.78 Å². The lowest BCUT2D eigenvalue weighted by Gasteiger charge is -2.04. The highest BCUT2D eigenvalue weighted by Crippen LogP contribution is 2.11. The number of carbonyl (C=O) groups is 1. The first kappa shape index (κ1) is 15.2. The molecule has 0 spiro atoms. The van der Waals surface area contributed by atoms with Crippen LogP contribution in [0.1, 0.15) is 15.4 Å². The highest BCUT2D eigenvalue weighted by Gasteiger charge is 2.05. The molecule has 0 aliphatic carbocycles. The molecule has 2 N–H and O–H groups in total. The van der Waals surface area contributed by atoms with E-state index in [1.165, 1.54) is 0 Å². The van der Waals surface area contributed by atoms with Crippen LogP contribution in [0, 0.1) is 6.92 Å². The van der Waals surface area contributed by atoms with Gasteiger partial charge in [-0.15, -0.1) is 11.3 Å². The van der Waals surface area contributed by atoms with E-state index in [0.29, 0.717) is 18.8 Å². The Balaban J connectivity index is 1.51. The smallest absolute Gasteiger partial charge is 0.319 e. The molecule has 2 aromatic heterocycles. The molecule has 23 heavy (non-hydrogen) atoms. The summed E-state index contributed by atoms with van der Waals surface area (Å²) >= 11 is 1.57. The summed E-state index contributed by atoms with van der Waals surface area (Å²) in [6.07, 6.45) is 5.22. The molecule has 118 valence electrons. The van der Waals surface area contributed by atoms with Crippen LogP contribution in [0.3, 0.4) is 0 Å². The third kappa shape index (κ3) is 4.40. The number of hydrogen-bond acceptors (Lipinski definition) is 4. The number of benzene rings is 1. The number of anilines is 1. The van der Waals surface area contributed by atoms with Crippen LogP contribution in [0.4, 0.5) is 10.5 Å². The van der Waals surface area contributed by atoms with Crippen molar-refractivity contribution in [2.24, 2.45) is 0 Å². The van der Waals surface area contributed by atoms with Gasteiger partial charge in [0.1, 0.15) is 0 Å². The fourth-order valence-electron chi connectivity index (χ4n) is 2.11. The van der Waals surface area contributed by atoms with Gasteiger partial charge in [0.25, 0.3) is 0 Å².